The van der Waals surface area contributed by atoms with Crippen molar-refractivity contribution in [3.63, 3.8) is 0 Å². The van der Waals surface area contributed by atoms with Crippen molar-refractivity contribution in [2.24, 2.45) is 0 Å². The summed E-state index contributed by atoms with van der Waals surface area (Å²) in [7, 11) is 0. The van der Waals surface area contributed by atoms with Gasteiger partial charge in [-0.05, 0) is 72.8 Å². The van der Waals surface area contributed by atoms with Crippen LogP contribution in [0.1, 0.15) is 5.56 Å². The lowest BCUT2D eigenvalue weighted by Crippen LogP contribution is -2.15. The molecule has 0 N–H and O–H groups in total. The van der Waals surface area contributed by atoms with Crippen LogP contribution in [0.4, 0.5) is 5.69 Å². The predicted molar refractivity (Wildman–Crippen MR) is 321 cm³/mol. The van der Waals surface area contributed by atoms with Gasteiger partial charge < -0.3 is 18.3 Å². The van der Waals surface area contributed by atoms with Crippen molar-refractivity contribution in [3.05, 3.63) is 235 Å². The maximum Gasteiger partial charge on any atom is 0.232 e. The van der Waals surface area contributed by atoms with Gasteiger partial charge in [0, 0.05) is 83.4 Å². The summed E-state index contributed by atoms with van der Waals surface area (Å²) in [5.74, 6) is 0. The van der Waals surface area contributed by atoms with Crippen molar-refractivity contribution in [1.82, 2.24) is 18.3 Å². The molecule has 0 saturated carbocycles. The van der Waals surface area contributed by atoms with E-state index in [-0.39, 0.29) is 11.3 Å². The average molecular weight is 1000 g/mol. The number of rotatable bonds is 4. The largest absolute Gasteiger partial charge is 0.317 e. The molecule has 0 unspecified atom stereocenters. The Morgan fingerprint density at radius 2 is 0.605 bits per heavy atom. The first-order chi connectivity index (χ1) is 37.7. The molecule has 8 heteroatoms. The number of nitriles is 1. The summed E-state index contributed by atoms with van der Waals surface area (Å²) in [5.41, 5.74) is 11.1. The number of hydrogen-bond acceptors (Lipinski definition) is 3. The normalized spacial score (nSPS) is 12.2. The summed E-state index contributed by atoms with van der Waals surface area (Å²) in [4.78, 5) is 4.68. The third-order valence-electron chi connectivity index (χ3n) is 16.0. The first-order valence-electron chi connectivity index (χ1n) is 25.3. The van der Waals surface area contributed by atoms with Gasteiger partial charge >= 0.3 is 0 Å². The summed E-state index contributed by atoms with van der Waals surface area (Å²) in [6.07, 6.45) is 0. The van der Waals surface area contributed by atoms with E-state index in [0.29, 0.717) is 11.4 Å². The lowest BCUT2D eigenvalue weighted by Gasteiger charge is -2.28. The lowest BCUT2D eigenvalue weighted by atomic mass is 10.0. The Bertz CT molecular complexity index is 5070. The third kappa shape index (κ3) is 5.35. The van der Waals surface area contributed by atoms with Crippen LogP contribution < -0.4 is 0 Å². The van der Waals surface area contributed by atoms with Gasteiger partial charge in [0.1, 0.15) is 0 Å². The minimum absolute atomic E-state index is 0.268. The molecule has 0 atom stereocenters. The first kappa shape index (κ1) is 41.5. The lowest BCUT2D eigenvalue weighted by molar-refractivity contribution is 1.02. The van der Waals surface area contributed by atoms with Gasteiger partial charge in [-0.1, -0.05) is 146 Å². The van der Waals surface area contributed by atoms with Crippen LogP contribution in [0.3, 0.4) is 0 Å². The SMILES string of the molecule is [C-]#[N+]c1c(C#N)c(-n2c3ccccc3c3cc4sc5ccccc5c4cc32)c(-n2c3ccccc3c3ccccc32)c(-n2c3ccccc3c3ccccc32)c1-n1c2ccccc2c2cc3sc4ccccc4c3cc21. The van der Waals surface area contributed by atoms with Gasteiger partial charge in [-0.25, -0.2) is 4.85 Å². The molecule has 6 aromatic heterocycles. The maximum absolute atomic E-state index is 12.4. The minimum atomic E-state index is 0.268. The molecule has 0 spiro atoms. The van der Waals surface area contributed by atoms with E-state index in [4.69, 9.17) is 0 Å². The summed E-state index contributed by atoms with van der Waals surface area (Å²) in [6.45, 7) is 9.68. The minimum Gasteiger partial charge on any atom is -0.317 e. The Labute approximate surface area is 441 Å². The molecule has 11 aromatic carbocycles. The maximum atomic E-state index is 12.4. The molecule has 0 saturated heterocycles. The van der Waals surface area contributed by atoms with Crippen LogP contribution in [-0.4, -0.2) is 18.3 Å². The van der Waals surface area contributed by atoms with Crippen molar-refractivity contribution >= 4 is 156 Å². The zero-order valence-corrected chi connectivity index (χ0v) is 41.9. The zero-order valence-electron chi connectivity index (χ0n) is 40.3. The van der Waals surface area contributed by atoms with E-state index >= 15 is 0 Å². The van der Waals surface area contributed by atoms with Crippen LogP contribution in [0.2, 0.25) is 0 Å². The molecule has 0 amide bonds. The summed E-state index contributed by atoms with van der Waals surface area (Å²) in [5, 5.41) is 25.7. The number of thiophene rings is 2. The second-order valence-electron chi connectivity index (χ2n) is 19.7. The van der Waals surface area contributed by atoms with Gasteiger partial charge in [0.15, 0.2) is 0 Å². The molecule has 0 aliphatic rings. The Morgan fingerprint density at radius 3 is 0.974 bits per heavy atom. The molecule has 6 heterocycles. The Morgan fingerprint density at radius 1 is 0.303 bits per heavy atom. The van der Waals surface area contributed by atoms with Gasteiger partial charge in [-0.3, -0.25) is 0 Å². The van der Waals surface area contributed by atoms with E-state index in [1.807, 2.05) is 0 Å². The topological polar surface area (TPSA) is 47.9 Å². The molecular formula is C68H36N6S2. The van der Waals surface area contributed by atoms with Crippen molar-refractivity contribution in [3.8, 4) is 28.8 Å². The second-order valence-corrected chi connectivity index (χ2v) is 21.9. The van der Waals surface area contributed by atoms with Crippen molar-refractivity contribution in [2.75, 3.05) is 0 Å². The fourth-order valence-corrected chi connectivity index (χ4v) is 15.2. The van der Waals surface area contributed by atoms with Gasteiger partial charge in [0.2, 0.25) is 5.69 Å². The molecular weight excluding hydrogens is 965 g/mol. The number of hydrogen-bond donors (Lipinski definition) is 0. The van der Waals surface area contributed by atoms with E-state index in [9.17, 15) is 11.8 Å². The summed E-state index contributed by atoms with van der Waals surface area (Å²) >= 11 is 3.61. The average Bonchev–Trinajstić information content (AvgIpc) is 4.47. The number of nitrogens with zero attached hydrogens (tertiary/aromatic N) is 6. The van der Waals surface area contributed by atoms with Crippen LogP contribution in [0.25, 0.3) is 155 Å². The number of para-hydroxylation sites is 6. The van der Waals surface area contributed by atoms with Crippen molar-refractivity contribution < 1.29 is 0 Å². The Balaban J connectivity index is 1.19. The highest BCUT2D eigenvalue weighted by Crippen LogP contribution is 2.53. The standard InChI is InChI=1S/C68H36N6S2/c1-70-64-51(38-69)65(73-56-30-14-6-22-43(56)47-36-62-49(34-58(47)73)45-24-8-16-32-60(45)75-62)67(71-52-26-10-2-18-39(52)40-19-3-11-27-53(40)71)68(72-54-28-12-4-20-41(54)42-21-5-13-29-55(42)72)66(64)74-57-31-15-7-23-44(57)48-37-63-50(35-59(48)74)46-25-9-17-33-61(46)76-63/h2-37H. The second kappa shape index (κ2) is 15.3. The van der Waals surface area contributed by atoms with Crippen molar-refractivity contribution in [1.29, 1.82) is 5.26 Å². The van der Waals surface area contributed by atoms with Crippen LogP contribution in [0.15, 0.2) is 218 Å². The molecule has 76 heavy (non-hydrogen) atoms. The zero-order chi connectivity index (χ0) is 49.9. The molecule has 350 valence electrons. The van der Waals surface area contributed by atoms with Gasteiger partial charge in [0.25, 0.3) is 0 Å². The molecule has 0 radical (unpaired) electrons. The highest BCUT2D eigenvalue weighted by Gasteiger charge is 2.35. The van der Waals surface area contributed by atoms with Gasteiger partial charge in [-0.2, -0.15) is 5.26 Å². The molecule has 0 bridgehead atoms. The van der Waals surface area contributed by atoms with E-state index in [1.54, 1.807) is 22.7 Å². The van der Waals surface area contributed by atoms with Crippen LogP contribution in [0.5, 0.6) is 0 Å². The number of fused-ring (bicyclic) bond motifs is 18. The molecule has 0 fully saturated rings. The third-order valence-corrected chi connectivity index (χ3v) is 18.3. The molecule has 0 aliphatic heterocycles. The van der Waals surface area contributed by atoms with Gasteiger partial charge in [0.05, 0.1) is 85.1 Å². The number of benzene rings is 11. The van der Waals surface area contributed by atoms with E-state index < -0.39 is 0 Å². The molecule has 17 aromatic rings. The quantitative estimate of drug-likeness (QED) is 0.162. The molecule has 17 rings (SSSR count). The monoisotopic (exact) mass is 1000 g/mol. The Hall–Kier alpha value is -9.96. The summed E-state index contributed by atoms with van der Waals surface area (Å²) in [6, 6.07) is 81.1. The smallest absolute Gasteiger partial charge is 0.232 e. The van der Waals surface area contributed by atoms with Crippen LogP contribution in [-0.2, 0) is 0 Å². The summed E-state index contributed by atoms with van der Waals surface area (Å²) < 4.78 is 14.3. The first-order valence-corrected chi connectivity index (χ1v) is 27.0. The van der Waals surface area contributed by atoms with Crippen LogP contribution in [0, 0.1) is 17.9 Å². The van der Waals surface area contributed by atoms with Gasteiger partial charge in [-0.15, -0.1) is 22.7 Å². The van der Waals surface area contributed by atoms with Crippen molar-refractivity contribution in [2.45, 2.75) is 0 Å². The predicted octanol–water partition coefficient (Wildman–Crippen LogP) is 19.2. The fourth-order valence-electron chi connectivity index (χ4n) is 12.9. The fraction of sp³-hybridized carbons (Fsp3) is 0. The highest BCUT2D eigenvalue weighted by molar-refractivity contribution is 7.26. The number of aromatic nitrogens is 4. The highest BCUT2D eigenvalue weighted by atomic mass is 32.1. The van der Waals surface area contributed by atoms with E-state index in [1.165, 1.54) is 29.6 Å². The molecule has 6 nitrogen and oxygen atoms in total. The van der Waals surface area contributed by atoms with E-state index in [0.717, 1.165) is 109 Å². The Kier molecular flexibility index (Phi) is 8.36. The van der Waals surface area contributed by atoms with Crippen LogP contribution >= 0.6 is 22.7 Å². The molecule has 0 aliphatic carbocycles. The van der Waals surface area contributed by atoms with E-state index in [2.05, 4.69) is 248 Å².